The van der Waals surface area contributed by atoms with Gasteiger partial charge in [0.05, 0.1) is 0 Å². The third-order valence-corrected chi connectivity index (χ3v) is 6.08. The summed E-state index contributed by atoms with van der Waals surface area (Å²) in [7, 11) is 0. The molecule has 1 N–H and O–H groups in total. The minimum absolute atomic E-state index is 0.0173. The lowest BCUT2D eigenvalue weighted by atomic mass is 10.0. The molecule has 2 aromatic rings. The van der Waals surface area contributed by atoms with Crippen molar-refractivity contribution < 1.29 is 19.1 Å². The molecule has 3 aliphatic rings. The Kier molecular flexibility index (Phi) is 3.82. The van der Waals surface area contributed by atoms with Crippen molar-refractivity contribution in [1.82, 2.24) is 4.90 Å². The Balaban J connectivity index is 1.23. The summed E-state index contributed by atoms with van der Waals surface area (Å²) in [5.74, 6) is 1.38. The highest BCUT2D eigenvalue weighted by molar-refractivity contribution is 5.97. The Hall–Kier alpha value is -3.02. The Labute approximate surface area is 163 Å². The SMILES string of the molecule is Cc1cccc(C(=O)N2CCC3(CC3C(=O)Nc3ccc4c(c3)OCO4)C2)c1. The van der Waals surface area contributed by atoms with Gasteiger partial charge in [0.2, 0.25) is 12.7 Å². The number of aryl methyl sites for hydroxylation is 1. The molecule has 2 atom stereocenters. The van der Waals surface area contributed by atoms with Crippen LogP contribution in [0.3, 0.4) is 0 Å². The van der Waals surface area contributed by atoms with Gasteiger partial charge >= 0.3 is 0 Å². The number of ether oxygens (including phenoxy) is 2. The lowest BCUT2D eigenvalue weighted by Crippen LogP contribution is -2.30. The van der Waals surface area contributed by atoms with Gasteiger partial charge in [-0.05, 0) is 44.0 Å². The number of rotatable bonds is 3. The molecule has 2 aromatic carbocycles. The molecule has 0 aromatic heterocycles. The van der Waals surface area contributed by atoms with Crippen LogP contribution in [-0.2, 0) is 4.79 Å². The molecule has 2 amide bonds. The van der Waals surface area contributed by atoms with Crippen molar-refractivity contribution in [3.05, 3.63) is 53.6 Å². The van der Waals surface area contributed by atoms with E-state index in [-0.39, 0.29) is 29.9 Å². The van der Waals surface area contributed by atoms with Gasteiger partial charge in [0, 0.05) is 41.7 Å². The highest BCUT2D eigenvalue weighted by atomic mass is 16.7. The molecule has 6 heteroatoms. The summed E-state index contributed by atoms with van der Waals surface area (Å²) >= 11 is 0. The summed E-state index contributed by atoms with van der Waals surface area (Å²) in [5, 5.41) is 2.99. The molecule has 1 saturated heterocycles. The first-order valence-corrected chi connectivity index (χ1v) is 9.61. The van der Waals surface area contributed by atoms with E-state index in [1.54, 1.807) is 12.1 Å². The molecule has 1 aliphatic carbocycles. The van der Waals surface area contributed by atoms with Crippen LogP contribution >= 0.6 is 0 Å². The van der Waals surface area contributed by atoms with Crippen LogP contribution in [0.15, 0.2) is 42.5 Å². The van der Waals surface area contributed by atoms with E-state index >= 15 is 0 Å². The molecule has 1 saturated carbocycles. The number of amides is 2. The van der Waals surface area contributed by atoms with Gasteiger partial charge in [0.1, 0.15) is 0 Å². The van der Waals surface area contributed by atoms with Crippen molar-refractivity contribution in [1.29, 1.82) is 0 Å². The van der Waals surface area contributed by atoms with Crippen molar-refractivity contribution in [3.8, 4) is 11.5 Å². The number of nitrogens with zero attached hydrogens (tertiary/aromatic N) is 1. The summed E-state index contributed by atoms with van der Waals surface area (Å²) in [6.07, 6.45) is 1.71. The first-order chi connectivity index (χ1) is 13.5. The Morgan fingerprint density at radius 1 is 1.14 bits per heavy atom. The first kappa shape index (κ1) is 17.1. The van der Waals surface area contributed by atoms with Crippen LogP contribution in [0.1, 0.15) is 28.8 Å². The van der Waals surface area contributed by atoms with Gasteiger partial charge in [-0.1, -0.05) is 17.7 Å². The summed E-state index contributed by atoms with van der Waals surface area (Å²) in [4.78, 5) is 27.4. The number of likely N-dealkylation sites (tertiary alicyclic amines) is 1. The Morgan fingerprint density at radius 2 is 2.00 bits per heavy atom. The second-order valence-corrected chi connectivity index (χ2v) is 8.02. The fourth-order valence-electron chi connectivity index (χ4n) is 4.40. The average Bonchev–Trinajstić information content (AvgIpc) is 3.01. The van der Waals surface area contributed by atoms with Gasteiger partial charge in [-0.15, -0.1) is 0 Å². The predicted molar refractivity (Wildman–Crippen MR) is 103 cm³/mol. The van der Waals surface area contributed by atoms with Crippen molar-refractivity contribution in [2.75, 3.05) is 25.2 Å². The maximum atomic E-state index is 12.8. The van der Waals surface area contributed by atoms with Crippen molar-refractivity contribution >= 4 is 17.5 Å². The molecule has 6 nitrogen and oxygen atoms in total. The molecule has 144 valence electrons. The number of carbonyl (C=O) groups excluding carboxylic acids is 2. The molecule has 0 bridgehead atoms. The zero-order valence-corrected chi connectivity index (χ0v) is 15.7. The summed E-state index contributed by atoms with van der Waals surface area (Å²) in [6.45, 7) is 3.56. The van der Waals surface area contributed by atoms with Crippen molar-refractivity contribution in [2.24, 2.45) is 11.3 Å². The van der Waals surface area contributed by atoms with E-state index in [0.29, 0.717) is 30.3 Å². The number of fused-ring (bicyclic) bond motifs is 1. The number of carbonyl (C=O) groups is 2. The Bertz CT molecular complexity index is 973. The maximum Gasteiger partial charge on any atom is 0.253 e. The quantitative estimate of drug-likeness (QED) is 0.891. The third-order valence-electron chi connectivity index (χ3n) is 6.08. The van der Waals surface area contributed by atoms with E-state index in [9.17, 15) is 9.59 Å². The van der Waals surface area contributed by atoms with Crippen molar-refractivity contribution in [3.63, 3.8) is 0 Å². The Morgan fingerprint density at radius 3 is 2.86 bits per heavy atom. The zero-order valence-electron chi connectivity index (χ0n) is 15.7. The largest absolute Gasteiger partial charge is 0.454 e. The number of benzene rings is 2. The monoisotopic (exact) mass is 378 g/mol. The molecule has 5 rings (SSSR count). The normalized spacial score (nSPS) is 24.5. The molecule has 1 spiro atoms. The van der Waals surface area contributed by atoms with Crippen LogP contribution in [0.5, 0.6) is 11.5 Å². The number of hydrogen-bond donors (Lipinski definition) is 1. The van der Waals surface area contributed by atoms with E-state index in [4.69, 9.17) is 9.47 Å². The average molecular weight is 378 g/mol. The van der Waals surface area contributed by atoms with Crippen LogP contribution in [0.4, 0.5) is 5.69 Å². The zero-order chi connectivity index (χ0) is 19.3. The van der Waals surface area contributed by atoms with Crippen molar-refractivity contribution in [2.45, 2.75) is 19.8 Å². The topological polar surface area (TPSA) is 67.9 Å². The lowest BCUT2D eigenvalue weighted by Gasteiger charge is -2.17. The summed E-state index contributed by atoms with van der Waals surface area (Å²) in [5.41, 5.74) is 2.44. The number of nitrogens with one attached hydrogen (secondary N) is 1. The van der Waals surface area contributed by atoms with Crippen LogP contribution in [0.2, 0.25) is 0 Å². The molecule has 2 aliphatic heterocycles. The molecule has 0 radical (unpaired) electrons. The lowest BCUT2D eigenvalue weighted by molar-refractivity contribution is -0.118. The fourth-order valence-corrected chi connectivity index (χ4v) is 4.40. The van der Waals surface area contributed by atoms with Crippen LogP contribution in [0, 0.1) is 18.3 Å². The van der Waals surface area contributed by atoms with E-state index in [0.717, 1.165) is 24.0 Å². The molecule has 2 fully saturated rings. The molecular weight excluding hydrogens is 356 g/mol. The van der Waals surface area contributed by atoms with E-state index in [1.165, 1.54) is 0 Å². The van der Waals surface area contributed by atoms with Crippen LogP contribution in [-0.4, -0.2) is 36.6 Å². The number of hydrogen-bond acceptors (Lipinski definition) is 4. The summed E-state index contributed by atoms with van der Waals surface area (Å²) in [6, 6.07) is 13.1. The maximum absolute atomic E-state index is 12.8. The van der Waals surface area contributed by atoms with E-state index in [2.05, 4.69) is 5.32 Å². The second kappa shape index (κ2) is 6.26. The molecule has 2 heterocycles. The minimum Gasteiger partial charge on any atom is -0.454 e. The van der Waals surface area contributed by atoms with Crippen LogP contribution < -0.4 is 14.8 Å². The van der Waals surface area contributed by atoms with Gasteiger partial charge in [0.25, 0.3) is 5.91 Å². The highest BCUT2D eigenvalue weighted by Crippen LogP contribution is 2.59. The summed E-state index contributed by atoms with van der Waals surface area (Å²) < 4.78 is 10.7. The highest BCUT2D eigenvalue weighted by Gasteiger charge is 2.61. The van der Waals surface area contributed by atoms with Gasteiger partial charge in [0.15, 0.2) is 11.5 Å². The van der Waals surface area contributed by atoms with Gasteiger partial charge in [-0.2, -0.15) is 0 Å². The molecule has 28 heavy (non-hydrogen) atoms. The fraction of sp³-hybridized carbons (Fsp3) is 0.364. The van der Waals surface area contributed by atoms with Gasteiger partial charge in [-0.3, -0.25) is 9.59 Å². The third kappa shape index (κ3) is 2.89. The first-order valence-electron chi connectivity index (χ1n) is 9.61. The van der Waals surface area contributed by atoms with Gasteiger partial charge < -0.3 is 19.7 Å². The smallest absolute Gasteiger partial charge is 0.253 e. The molecular formula is C22H22N2O4. The van der Waals surface area contributed by atoms with Crippen LogP contribution in [0.25, 0.3) is 0 Å². The van der Waals surface area contributed by atoms with E-state index < -0.39 is 0 Å². The predicted octanol–water partition coefficient (Wildman–Crippen LogP) is 3.21. The number of anilines is 1. The standard InChI is InChI=1S/C22H22N2O4/c1-14-3-2-4-15(9-14)21(26)24-8-7-22(12-24)11-17(22)20(25)23-16-5-6-18-19(10-16)28-13-27-18/h2-6,9-10,17H,7-8,11-13H2,1H3,(H,23,25). The second-order valence-electron chi connectivity index (χ2n) is 8.02. The molecule has 2 unspecified atom stereocenters. The van der Waals surface area contributed by atoms with E-state index in [1.807, 2.05) is 42.2 Å². The van der Waals surface area contributed by atoms with Gasteiger partial charge in [-0.25, -0.2) is 0 Å². The minimum atomic E-state index is -0.0695.